The predicted molar refractivity (Wildman–Crippen MR) is 94.9 cm³/mol. The van der Waals surface area contributed by atoms with Gasteiger partial charge in [-0.05, 0) is 50.6 Å². The summed E-state index contributed by atoms with van der Waals surface area (Å²) in [4.78, 5) is 28.3. The van der Waals surface area contributed by atoms with Gasteiger partial charge in [0, 0.05) is 37.0 Å². The van der Waals surface area contributed by atoms with Gasteiger partial charge in [0.25, 0.3) is 5.91 Å². The number of piperidine rings is 1. The molecular formula is C18H23F3N2O2S. The minimum Gasteiger partial charge on any atom is -0.343 e. The van der Waals surface area contributed by atoms with Crippen LogP contribution in [0.2, 0.25) is 0 Å². The summed E-state index contributed by atoms with van der Waals surface area (Å²) in [6.45, 7) is 5.90. The van der Waals surface area contributed by atoms with Crippen LogP contribution >= 0.6 is 11.8 Å². The lowest BCUT2D eigenvalue weighted by Gasteiger charge is -2.34. The summed E-state index contributed by atoms with van der Waals surface area (Å²) in [5.74, 6) is -0.444. The maximum atomic E-state index is 12.7. The molecule has 1 heterocycles. The minimum atomic E-state index is -4.44. The van der Waals surface area contributed by atoms with E-state index in [0.29, 0.717) is 39.0 Å². The summed E-state index contributed by atoms with van der Waals surface area (Å²) in [6, 6.07) is 5.77. The van der Waals surface area contributed by atoms with Crippen LogP contribution < -0.4 is 0 Å². The fourth-order valence-corrected chi connectivity index (χ4v) is 3.81. The van der Waals surface area contributed by atoms with Crippen LogP contribution in [0.1, 0.15) is 37.0 Å². The van der Waals surface area contributed by atoms with Crippen molar-refractivity contribution in [1.82, 2.24) is 9.80 Å². The second-order valence-corrected chi connectivity index (χ2v) is 7.23. The van der Waals surface area contributed by atoms with Crippen molar-refractivity contribution in [1.29, 1.82) is 0 Å². The van der Waals surface area contributed by atoms with Crippen molar-refractivity contribution >= 4 is 23.6 Å². The average Bonchev–Trinajstić information content (AvgIpc) is 2.61. The number of hydrogen-bond donors (Lipinski definition) is 0. The molecule has 0 aromatic heterocycles. The van der Waals surface area contributed by atoms with E-state index >= 15 is 0 Å². The fourth-order valence-electron chi connectivity index (χ4n) is 3.15. The molecular weight excluding hydrogens is 365 g/mol. The zero-order valence-corrected chi connectivity index (χ0v) is 15.7. The first-order valence-electron chi connectivity index (χ1n) is 8.69. The van der Waals surface area contributed by atoms with Crippen molar-refractivity contribution in [3.05, 3.63) is 29.8 Å². The van der Waals surface area contributed by atoms with E-state index in [1.807, 2.05) is 13.8 Å². The van der Waals surface area contributed by atoms with Crippen LogP contribution in [0, 0.1) is 5.92 Å². The Morgan fingerprint density at radius 2 is 1.73 bits per heavy atom. The molecule has 1 aliphatic rings. The van der Waals surface area contributed by atoms with Crippen LogP contribution in [0.4, 0.5) is 13.2 Å². The molecule has 0 radical (unpaired) electrons. The zero-order valence-electron chi connectivity index (χ0n) is 14.9. The monoisotopic (exact) mass is 388 g/mol. The van der Waals surface area contributed by atoms with E-state index in [1.165, 1.54) is 18.2 Å². The van der Waals surface area contributed by atoms with E-state index in [-0.39, 0.29) is 34.0 Å². The number of likely N-dealkylation sites (tertiary alicyclic amines) is 1. The molecule has 26 heavy (non-hydrogen) atoms. The molecule has 2 amide bonds. The smallest absolute Gasteiger partial charge is 0.343 e. The molecule has 0 spiro atoms. The summed E-state index contributed by atoms with van der Waals surface area (Å²) >= 11 is -0.273. The highest BCUT2D eigenvalue weighted by Crippen LogP contribution is 2.39. The normalized spacial score (nSPS) is 15.8. The summed E-state index contributed by atoms with van der Waals surface area (Å²) in [6.07, 6.45) is 1.07. The molecule has 0 unspecified atom stereocenters. The lowest BCUT2D eigenvalue weighted by Crippen LogP contribution is -2.44. The number of halogens is 3. The first-order chi connectivity index (χ1) is 12.3. The molecule has 8 heteroatoms. The van der Waals surface area contributed by atoms with E-state index in [1.54, 1.807) is 15.9 Å². The number of thioether (sulfide) groups is 1. The first-order valence-corrected chi connectivity index (χ1v) is 9.51. The topological polar surface area (TPSA) is 40.6 Å². The van der Waals surface area contributed by atoms with Crippen LogP contribution in [-0.2, 0) is 4.79 Å². The molecule has 1 saturated heterocycles. The van der Waals surface area contributed by atoms with Crippen LogP contribution in [0.3, 0.4) is 0 Å². The van der Waals surface area contributed by atoms with Gasteiger partial charge >= 0.3 is 5.51 Å². The largest absolute Gasteiger partial charge is 0.446 e. The van der Waals surface area contributed by atoms with Gasteiger partial charge in [0.2, 0.25) is 5.91 Å². The molecule has 144 valence electrons. The third-order valence-corrected chi connectivity index (χ3v) is 5.36. The Morgan fingerprint density at radius 1 is 1.15 bits per heavy atom. The first kappa shape index (κ1) is 20.6. The molecule has 0 aliphatic carbocycles. The Morgan fingerprint density at radius 3 is 2.27 bits per heavy atom. The maximum absolute atomic E-state index is 12.7. The molecule has 2 rings (SSSR count). The molecule has 0 N–H and O–H groups in total. The number of benzene rings is 1. The van der Waals surface area contributed by atoms with Gasteiger partial charge in [-0.1, -0.05) is 12.1 Å². The van der Waals surface area contributed by atoms with E-state index in [2.05, 4.69) is 0 Å². The zero-order chi connectivity index (χ0) is 19.3. The number of nitrogens with zero attached hydrogens (tertiary/aromatic N) is 2. The van der Waals surface area contributed by atoms with Crippen molar-refractivity contribution in [2.45, 2.75) is 37.1 Å². The van der Waals surface area contributed by atoms with Crippen LogP contribution in [0.15, 0.2) is 29.2 Å². The van der Waals surface area contributed by atoms with Crippen molar-refractivity contribution in [2.75, 3.05) is 26.2 Å². The molecule has 0 saturated carbocycles. The standard InChI is InChI=1S/C18H23F3N2O2S/c1-3-22(4-2)16(24)13-9-11-23(12-10-13)17(25)14-7-5-6-8-15(14)26-18(19,20)21/h5-8,13H,3-4,9-12H2,1-2H3. The summed E-state index contributed by atoms with van der Waals surface area (Å²) in [5.41, 5.74) is -4.39. The van der Waals surface area contributed by atoms with E-state index < -0.39 is 11.4 Å². The quantitative estimate of drug-likeness (QED) is 0.716. The van der Waals surface area contributed by atoms with Gasteiger partial charge in [-0.15, -0.1) is 0 Å². The average molecular weight is 388 g/mol. The van der Waals surface area contributed by atoms with Crippen LogP contribution in [0.5, 0.6) is 0 Å². The van der Waals surface area contributed by atoms with Crippen LogP contribution in [0.25, 0.3) is 0 Å². The highest BCUT2D eigenvalue weighted by molar-refractivity contribution is 8.00. The minimum absolute atomic E-state index is 0.0587. The van der Waals surface area contributed by atoms with Gasteiger partial charge in [-0.3, -0.25) is 9.59 Å². The Labute approximate surface area is 155 Å². The van der Waals surface area contributed by atoms with Crippen molar-refractivity contribution in [3.63, 3.8) is 0 Å². The Hall–Kier alpha value is -1.70. The molecule has 0 atom stereocenters. The Kier molecular flexibility index (Phi) is 6.97. The highest BCUT2D eigenvalue weighted by atomic mass is 32.2. The number of alkyl halides is 3. The summed E-state index contributed by atoms with van der Waals surface area (Å²) in [7, 11) is 0. The van der Waals surface area contributed by atoms with Crippen molar-refractivity contribution < 1.29 is 22.8 Å². The van der Waals surface area contributed by atoms with E-state index in [9.17, 15) is 22.8 Å². The van der Waals surface area contributed by atoms with E-state index in [0.717, 1.165) is 0 Å². The second kappa shape index (κ2) is 8.79. The predicted octanol–water partition coefficient (Wildman–Crippen LogP) is 4.02. The number of rotatable bonds is 5. The lowest BCUT2D eigenvalue weighted by atomic mass is 9.94. The van der Waals surface area contributed by atoms with Gasteiger partial charge in [0.1, 0.15) is 0 Å². The molecule has 1 aromatic rings. The van der Waals surface area contributed by atoms with Gasteiger partial charge < -0.3 is 9.80 Å². The lowest BCUT2D eigenvalue weighted by molar-refractivity contribution is -0.136. The van der Waals surface area contributed by atoms with Crippen LogP contribution in [-0.4, -0.2) is 53.3 Å². The molecule has 1 aliphatic heterocycles. The highest BCUT2D eigenvalue weighted by Gasteiger charge is 2.34. The van der Waals surface area contributed by atoms with Gasteiger partial charge in [-0.2, -0.15) is 13.2 Å². The third kappa shape index (κ3) is 5.16. The molecule has 1 aromatic carbocycles. The fraction of sp³-hybridized carbons (Fsp3) is 0.556. The number of amides is 2. The molecule has 1 fully saturated rings. The van der Waals surface area contributed by atoms with Gasteiger partial charge in [0.05, 0.1) is 5.56 Å². The second-order valence-electron chi connectivity index (χ2n) is 6.12. The molecule has 4 nitrogen and oxygen atoms in total. The summed E-state index contributed by atoms with van der Waals surface area (Å²) in [5, 5.41) is 0. The van der Waals surface area contributed by atoms with Crippen molar-refractivity contribution in [2.24, 2.45) is 5.92 Å². The Balaban J connectivity index is 2.04. The van der Waals surface area contributed by atoms with Crippen molar-refractivity contribution in [3.8, 4) is 0 Å². The Bertz CT molecular complexity index is 640. The molecule has 0 bridgehead atoms. The number of carbonyl (C=O) groups is 2. The summed E-state index contributed by atoms with van der Waals surface area (Å²) < 4.78 is 38.1. The number of carbonyl (C=O) groups excluding carboxylic acids is 2. The van der Waals surface area contributed by atoms with Gasteiger partial charge in [-0.25, -0.2) is 0 Å². The number of hydrogen-bond acceptors (Lipinski definition) is 3. The third-order valence-electron chi connectivity index (χ3n) is 4.55. The van der Waals surface area contributed by atoms with Gasteiger partial charge in [0.15, 0.2) is 0 Å². The maximum Gasteiger partial charge on any atom is 0.446 e. The van der Waals surface area contributed by atoms with E-state index in [4.69, 9.17) is 0 Å². The SMILES string of the molecule is CCN(CC)C(=O)C1CCN(C(=O)c2ccccc2SC(F)(F)F)CC1.